The van der Waals surface area contributed by atoms with Crippen LogP contribution in [0.2, 0.25) is 0 Å². The Balaban J connectivity index is 0.000000234. The Morgan fingerprint density at radius 1 is 1.26 bits per heavy atom. The minimum Gasteiger partial charge on any atom is -0.493 e. The van der Waals surface area contributed by atoms with E-state index in [0.29, 0.717) is 18.4 Å². The number of ether oxygens (including phenoxy) is 2. The Morgan fingerprint density at radius 3 is 2.53 bits per heavy atom. The molecule has 2 heterocycles. The molecule has 6 atom stereocenters. The van der Waals surface area contributed by atoms with Crippen LogP contribution in [0, 0.1) is 5.92 Å². The van der Waals surface area contributed by atoms with Crippen molar-refractivity contribution in [3.8, 4) is 11.5 Å². The quantitative estimate of drug-likeness (QED) is 0.306. The number of methoxy groups -OCH3 is 1. The summed E-state index contributed by atoms with van der Waals surface area (Å²) < 4.78 is 11.8. The second-order valence-corrected chi connectivity index (χ2v) is 8.93. The van der Waals surface area contributed by atoms with Gasteiger partial charge in [-0.1, -0.05) is 6.07 Å². The molecule has 0 unspecified atom stereocenters. The number of hydrogen-bond acceptors (Lipinski definition) is 9. The van der Waals surface area contributed by atoms with Gasteiger partial charge in [-0.05, 0) is 50.4 Å². The molecule has 1 aromatic rings. The summed E-state index contributed by atoms with van der Waals surface area (Å²) in [4.78, 5) is 38.2. The molecule has 34 heavy (non-hydrogen) atoms. The van der Waals surface area contributed by atoms with Crippen molar-refractivity contribution in [1.29, 1.82) is 0 Å². The number of Topliss-reactive ketones (excluding diaryl/α,β-unsaturated/α-hetero) is 1. The van der Waals surface area contributed by atoms with E-state index in [9.17, 15) is 14.4 Å². The molecule has 4 N–H and O–H groups in total. The largest absolute Gasteiger partial charge is 0.493 e. The number of aliphatic hydroxyl groups excluding tert-OH is 1. The number of ketones is 1. The Kier molecular flexibility index (Phi) is 7.58. The third kappa shape index (κ3) is 3.87. The van der Waals surface area contributed by atoms with Crippen molar-refractivity contribution in [2.75, 3.05) is 20.7 Å². The third-order valence-corrected chi connectivity index (χ3v) is 7.49. The van der Waals surface area contributed by atoms with Crippen molar-refractivity contribution in [1.82, 2.24) is 4.90 Å². The lowest BCUT2D eigenvalue weighted by Gasteiger charge is -2.57. The molecule has 12 heteroatoms. The number of aliphatic carboxylic acids is 2. The normalized spacial score (nSPS) is 29.9. The number of carboxylic acid groups (broad SMARTS) is 2. The molecule has 11 nitrogen and oxygen atoms in total. The molecule has 0 aromatic heterocycles. The number of piperidine rings is 1. The van der Waals surface area contributed by atoms with Crippen molar-refractivity contribution >= 4 is 34.7 Å². The molecule has 1 saturated carbocycles. The molecular weight excluding hydrogens is 518 g/mol. The molecular formula is C22H28BrNO10. The van der Waals surface area contributed by atoms with Gasteiger partial charge in [0.15, 0.2) is 29.5 Å². The smallest absolute Gasteiger partial charge is 0.339 e. The third-order valence-electron chi connectivity index (χ3n) is 7.49. The number of carbonyl (C=O) groups excluding carboxylic acids is 1. The summed E-state index contributed by atoms with van der Waals surface area (Å²) in [6, 6.07) is 4.73. The number of likely N-dealkylation sites (N-methyl/N-ethyl adjacent to an activating group) is 1. The van der Waals surface area contributed by atoms with Gasteiger partial charge in [-0.2, -0.15) is 0 Å². The number of benzene rings is 1. The number of hydrogen-bond donors (Lipinski definition) is 4. The van der Waals surface area contributed by atoms with Gasteiger partial charge in [-0.25, -0.2) is 14.5 Å². The van der Waals surface area contributed by atoms with E-state index in [2.05, 4.69) is 22.9 Å². The fourth-order valence-corrected chi connectivity index (χ4v) is 6.04. The zero-order valence-electron chi connectivity index (χ0n) is 18.7. The number of rotatable bonds is 5. The van der Waals surface area contributed by atoms with Gasteiger partial charge in [-0.3, -0.25) is 10.1 Å². The summed E-state index contributed by atoms with van der Waals surface area (Å²) in [5.41, 5.74) is 2.57. The average Bonchev–Trinajstić information content (AvgIpc) is 3.13. The molecule has 0 amide bonds. The Labute approximate surface area is 205 Å². The molecule has 188 valence electrons. The zero-order valence-corrected chi connectivity index (χ0v) is 20.4. The predicted octanol–water partition coefficient (Wildman–Crippen LogP) is 0.886. The van der Waals surface area contributed by atoms with Gasteiger partial charge in [0.25, 0.3) is 0 Å². The van der Waals surface area contributed by atoms with Crippen LogP contribution in [0.3, 0.4) is 0 Å². The average molecular weight is 546 g/mol. The van der Waals surface area contributed by atoms with Crippen molar-refractivity contribution < 1.29 is 49.3 Å². The molecule has 5 rings (SSSR count). The number of carboxylic acids is 2. The second kappa shape index (κ2) is 9.78. The Hall–Kier alpha value is -2.25. The maximum absolute atomic E-state index is 12.6. The molecule has 1 saturated heterocycles. The highest BCUT2D eigenvalue weighted by Crippen LogP contribution is 2.63. The van der Waals surface area contributed by atoms with E-state index in [0.717, 1.165) is 37.3 Å². The van der Waals surface area contributed by atoms with Crippen LogP contribution in [-0.4, -0.2) is 88.3 Å². The first-order valence-electron chi connectivity index (χ1n) is 10.7. The first-order chi connectivity index (χ1) is 15.7. The topological polar surface area (TPSA) is 163 Å². The monoisotopic (exact) mass is 545 g/mol. The first kappa shape index (κ1) is 26.4. The van der Waals surface area contributed by atoms with Gasteiger partial charge in [0.1, 0.15) is 0 Å². The fraction of sp³-hybridized carbons (Fsp3) is 0.591. The van der Waals surface area contributed by atoms with Crippen LogP contribution < -0.4 is 9.47 Å². The van der Waals surface area contributed by atoms with Gasteiger partial charge >= 0.3 is 11.9 Å². The molecule has 2 aliphatic carbocycles. The van der Waals surface area contributed by atoms with Crippen molar-refractivity contribution in [2.45, 2.75) is 55.5 Å². The number of likely N-dealkylation sites (tertiary alicyclic amines) is 1. The number of carbonyl (C=O) groups is 3. The SMILES string of the molecule is Br.COc1ccc2c3c1O[C@H]1C(=O)CC[C@H]4[C@@H](C2)N(C)CC[C@]314.O=C(O)[C@H](O)[C@@H](OO)C(=O)O. The van der Waals surface area contributed by atoms with Gasteiger partial charge < -0.3 is 29.7 Å². The van der Waals surface area contributed by atoms with E-state index in [1.54, 1.807) is 7.11 Å². The van der Waals surface area contributed by atoms with Crippen molar-refractivity contribution in [3.05, 3.63) is 23.3 Å². The summed E-state index contributed by atoms with van der Waals surface area (Å²) in [5, 5.41) is 32.4. The summed E-state index contributed by atoms with van der Waals surface area (Å²) in [6.45, 7) is 1.05. The molecule has 1 spiro atoms. The van der Waals surface area contributed by atoms with Crippen LogP contribution in [0.4, 0.5) is 0 Å². The van der Waals surface area contributed by atoms with Crippen molar-refractivity contribution in [2.24, 2.45) is 5.92 Å². The fourth-order valence-electron chi connectivity index (χ4n) is 6.04. The van der Waals surface area contributed by atoms with E-state index in [1.165, 1.54) is 11.1 Å². The van der Waals surface area contributed by atoms with E-state index in [-0.39, 0.29) is 34.3 Å². The standard InChI is InChI=1S/C18H21NO3.C4H6O7.BrH/c1-19-8-7-18-11-4-5-13(20)17(18)22-16-14(21-2)6-3-10(15(16)18)9-12(11)19;5-1(3(6)7)2(11-10)4(8)9;/h3,6,11-12,17H,4-5,7-9H2,1-2H3;1-2,5,10H,(H,6,7)(H,8,9);1H/t11-,12+,17-,18-;1-,2-;/m01./s1. The first-order valence-corrected chi connectivity index (χ1v) is 10.7. The Bertz CT molecular complexity index is 987. The minimum atomic E-state index is -2.28. The van der Waals surface area contributed by atoms with Gasteiger partial charge in [0.05, 0.1) is 7.11 Å². The molecule has 2 aliphatic heterocycles. The molecule has 2 fully saturated rings. The lowest BCUT2D eigenvalue weighted by atomic mass is 9.52. The highest BCUT2D eigenvalue weighted by atomic mass is 79.9. The van der Waals surface area contributed by atoms with E-state index in [4.69, 9.17) is 30.1 Å². The highest BCUT2D eigenvalue weighted by Gasteiger charge is 2.65. The van der Waals surface area contributed by atoms with Crippen LogP contribution in [-0.2, 0) is 31.1 Å². The Morgan fingerprint density at radius 2 is 1.97 bits per heavy atom. The highest BCUT2D eigenvalue weighted by molar-refractivity contribution is 8.93. The summed E-state index contributed by atoms with van der Waals surface area (Å²) in [6.07, 6.45) is -0.970. The van der Waals surface area contributed by atoms with Crippen LogP contribution >= 0.6 is 17.0 Å². The zero-order chi connectivity index (χ0) is 24.1. The van der Waals surface area contributed by atoms with E-state index in [1.807, 2.05) is 6.07 Å². The molecule has 1 aromatic carbocycles. The molecule has 4 aliphatic rings. The van der Waals surface area contributed by atoms with Gasteiger partial charge in [0.2, 0.25) is 6.10 Å². The predicted molar refractivity (Wildman–Crippen MR) is 121 cm³/mol. The lowest BCUT2D eigenvalue weighted by molar-refractivity contribution is -0.291. The lowest BCUT2D eigenvalue weighted by Crippen LogP contribution is -2.65. The van der Waals surface area contributed by atoms with Crippen molar-refractivity contribution in [3.63, 3.8) is 0 Å². The minimum absolute atomic E-state index is 0. The summed E-state index contributed by atoms with van der Waals surface area (Å²) in [5.74, 6) is -1.09. The van der Waals surface area contributed by atoms with E-state index >= 15 is 0 Å². The van der Waals surface area contributed by atoms with Gasteiger partial charge in [0, 0.05) is 23.4 Å². The summed E-state index contributed by atoms with van der Waals surface area (Å²) >= 11 is 0. The van der Waals surface area contributed by atoms with Gasteiger partial charge in [-0.15, -0.1) is 17.0 Å². The summed E-state index contributed by atoms with van der Waals surface area (Å²) in [7, 11) is 3.91. The second-order valence-electron chi connectivity index (χ2n) is 8.93. The number of halogens is 1. The molecule has 0 radical (unpaired) electrons. The van der Waals surface area contributed by atoms with E-state index < -0.39 is 24.1 Å². The number of aliphatic hydroxyl groups is 1. The maximum atomic E-state index is 12.6. The number of nitrogens with zero attached hydrogens (tertiary/aromatic N) is 1. The van der Waals surface area contributed by atoms with Crippen LogP contribution in [0.5, 0.6) is 11.5 Å². The van der Waals surface area contributed by atoms with Crippen LogP contribution in [0.25, 0.3) is 0 Å². The maximum Gasteiger partial charge on any atom is 0.339 e. The van der Waals surface area contributed by atoms with Crippen LogP contribution in [0.15, 0.2) is 12.1 Å². The van der Waals surface area contributed by atoms with Crippen LogP contribution in [0.1, 0.15) is 30.4 Å². The molecule has 2 bridgehead atoms.